The third-order valence-corrected chi connectivity index (χ3v) is 6.61. The fourth-order valence-electron chi connectivity index (χ4n) is 4.62. The normalized spacial score (nSPS) is 15.7. The van der Waals surface area contributed by atoms with Crippen LogP contribution in [0, 0.1) is 5.82 Å². The van der Waals surface area contributed by atoms with Crippen molar-refractivity contribution >= 4 is 34.3 Å². The number of furan rings is 1. The van der Waals surface area contributed by atoms with Gasteiger partial charge in [-0.1, -0.05) is 35.9 Å². The molecule has 0 aliphatic carbocycles. The lowest BCUT2D eigenvalue weighted by Crippen LogP contribution is -2.33. The molecule has 0 bridgehead atoms. The first-order chi connectivity index (χ1) is 18.2. The molecule has 8 heteroatoms. The van der Waals surface area contributed by atoms with E-state index in [1.165, 1.54) is 17.0 Å². The van der Waals surface area contributed by atoms with Gasteiger partial charge in [-0.3, -0.25) is 9.59 Å². The van der Waals surface area contributed by atoms with E-state index in [0.717, 1.165) is 5.56 Å². The zero-order chi connectivity index (χ0) is 27.0. The Morgan fingerprint density at radius 1 is 1.08 bits per heavy atom. The molecule has 1 aliphatic heterocycles. The second-order valence-electron chi connectivity index (χ2n) is 9.40. The van der Waals surface area contributed by atoms with Gasteiger partial charge in [0.15, 0.2) is 11.5 Å². The number of nitrogens with zero attached hydrogens (tertiary/aromatic N) is 1. The van der Waals surface area contributed by atoms with Crippen molar-refractivity contribution in [2.75, 3.05) is 6.54 Å². The summed E-state index contributed by atoms with van der Waals surface area (Å²) in [6.07, 6.45) is 0.373. The van der Waals surface area contributed by atoms with Gasteiger partial charge in [0.2, 0.25) is 5.78 Å². The van der Waals surface area contributed by atoms with E-state index in [1.807, 2.05) is 13.8 Å². The molecular formula is C30H25ClFNO5. The van der Waals surface area contributed by atoms with Crippen LogP contribution in [0.2, 0.25) is 5.02 Å². The number of ether oxygens (including phenoxy) is 1. The van der Waals surface area contributed by atoms with E-state index >= 15 is 0 Å². The molecule has 1 unspecified atom stereocenters. The van der Waals surface area contributed by atoms with Gasteiger partial charge in [0.25, 0.3) is 5.91 Å². The number of ketones is 1. The van der Waals surface area contributed by atoms with Gasteiger partial charge in [0.05, 0.1) is 17.7 Å². The van der Waals surface area contributed by atoms with E-state index in [-0.39, 0.29) is 29.8 Å². The highest BCUT2D eigenvalue weighted by Gasteiger charge is 2.44. The number of aliphatic hydroxyl groups excluding tert-OH is 1. The Bertz CT molecular complexity index is 1540. The van der Waals surface area contributed by atoms with Crippen LogP contribution in [0.15, 0.2) is 88.5 Å². The minimum atomic E-state index is -0.861. The Labute approximate surface area is 223 Å². The number of rotatable bonds is 8. The van der Waals surface area contributed by atoms with Crippen molar-refractivity contribution in [1.29, 1.82) is 0 Å². The molecule has 38 heavy (non-hydrogen) atoms. The van der Waals surface area contributed by atoms with Crippen LogP contribution in [0.3, 0.4) is 0 Å². The van der Waals surface area contributed by atoms with Gasteiger partial charge < -0.3 is 19.2 Å². The summed E-state index contributed by atoms with van der Waals surface area (Å²) in [6.45, 7) is 4.02. The number of benzene rings is 3. The van der Waals surface area contributed by atoms with Crippen molar-refractivity contribution in [3.05, 3.63) is 112 Å². The van der Waals surface area contributed by atoms with E-state index < -0.39 is 23.5 Å². The number of hydrogen-bond donors (Lipinski definition) is 1. The fourth-order valence-corrected chi connectivity index (χ4v) is 4.80. The molecule has 1 amide bonds. The van der Waals surface area contributed by atoms with Crippen molar-refractivity contribution in [2.24, 2.45) is 0 Å². The summed E-state index contributed by atoms with van der Waals surface area (Å²) in [5.74, 6) is -1.61. The van der Waals surface area contributed by atoms with Gasteiger partial charge in [-0.15, -0.1) is 0 Å². The Hall–Kier alpha value is -4.10. The monoisotopic (exact) mass is 533 g/mol. The molecule has 5 rings (SSSR count). The first kappa shape index (κ1) is 25.5. The van der Waals surface area contributed by atoms with Crippen LogP contribution in [-0.4, -0.2) is 34.3 Å². The number of carbonyl (C=O) groups is 2. The SMILES string of the molecule is CC(C)Oc1ccc(C2C(C(=O)c3cc4cc(Cl)ccc4o3)=C(O)C(=O)N2CCc2ccc(F)cc2)cc1. The van der Waals surface area contributed by atoms with Crippen LogP contribution in [0.1, 0.15) is 41.6 Å². The van der Waals surface area contributed by atoms with Crippen LogP contribution in [0.5, 0.6) is 5.75 Å². The van der Waals surface area contributed by atoms with Crippen molar-refractivity contribution in [1.82, 2.24) is 4.90 Å². The van der Waals surface area contributed by atoms with Crippen molar-refractivity contribution in [3.8, 4) is 5.75 Å². The standard InChI is InChI=1S/C30H25ClFNO5/c1-17(2)37-23-10-5-19(6-11-23)27-26(28(34)25-16-20-15-21(31)7-12-24(20)38-25)29(35)30(36)33(27)14-13-18-3-8-22(32)9-4-18/h3-12,15-17,27,35H,13-14H2,1-2H3. The van der Waals surface area contributed by atoms with Gasteiger partial charge in [-0.2, -0.15) is 0 Å². The Balaban J connectivity index is 1.52. The molecule has 3 aromatic carbocycles. The number of Topliss-reactive ketones (excluding diaryl/α,β-unsaturated/α-hetero) is 1. The molecule has 1 aliphatic rings. The van der Waals surface area contributed by atoms with Gasteiger partial charge >= 0.3 is 0 Å². The van der Waals surface area contributed by atoms with Crippen molar-refractivity contribution in [3.63, 3.8) is 0 Å². The minimum absolute atomic E-state index is 0.0123. The van der Waals surface area contributed by atoms with Crippen LogP contribution in [-0.2, 0) is 11.2 Å². The average Bonchev–Trinajstić information content (AvgIpc) is 3.42. The molecule has 0 saturated heterocycles. The zero-order valence-corrected chi connectivity index (χ0v) is 21.5. The van der Waals surface area contributed by atoms with E-state index in [2.05, 4.69) is 0 Å². The summed E-state index contributed by atoms with van der Waals surface area (Å²) in [4.78, 5) is 28.4. The number of aliphatic hydroxyl groups is 1. The molecule has 1 N–H and O–H groups in total. The lowest BCUT2D eigenvalue weighted by atomic mass is 9.94. The maximum atomic E-state index is 13.7. The lowest BCUT2D eigenvalue weighted by molar-refractivity contribution is -0.129. The van der Waals surface area contributed by atoms with E-state index in [4.69, 9.17) is 20.8 Å². The highest BCUT2D eigenvalue weighted by atomic mass is 35.5. The number of halogens is 2. The fraction of sp³-hybridized carbons (Fsp3) is 0.200. The third kappa shape index (κ3) is 5.02. The first-order valence-corrected chi connectivity index (χ1v) is 12.6. The van der Waals surface area contributed by atoms with Gasteiger partial charge in [0.1, 0.15) is 17.1 Å². The molecule has 0 spiro atoms. The number of fused-ring (bicyclic) bond motifs is 1. The Morgan fingerprint density at radius 3 is 2.47 bits per heavy atom. The first-order valence-electron chi connectivity index (χ1n) is 12.2. The Kier molecular flexibility index (Phi) is 6.95. The number of hydrogen-bond acceptors (Lipinski definition) is 5. The highest BCUT2D eigenvalue weighted by molar-refractivity contribution is 6.31. The summed E-state index contributed by atoms with van der Waals surface area (Å²) < 4.78 is 24.9. The maximum Gasteiger partial charge on any atom is 0.290 e. The van der Waals surface area contributed by atoms with E-state index in [1.54, 1.807) is 60.7 Å². The van der Waals surface area contributed by atoms with Gasteiger partial charge in [-0.25, -0.2) is 4.39 Å². The third-order valence-electron chi connectivity index (χ3n) is 6.37. The second kappa shape index (κ2) is 10.3. The predicted octanol–water partition coefficient (Wildman–Crippen LogP) is 6.83. The van der Waals surface area contributed by atoms with E-state index in [0.29, 0.717) is 33.7 Å². The zero-order valence-electron chi connectivity index (χ0n) is 20.8. The summed E-state index contributed by atoms with van der Waals surface area (Å²) in [6, 6.07) is 18.7. The van der Waals surface area contributed by atoms with E-state index in [9.17, 15) is 19.1 Å². The summed E-state index contributed by atoms with van der Waals surface area (Å²) in [5.41, 5.74) is 1.83. The minimum Gasteiger partial charge on any atom is -0.503 e. The van der Waals surface area contributed by atoms with Crippen LogP contribution in [0.25, 0.3) is 11.0 Å². The summed E-state index contributed by atoms with van der Waals surface area (Å²) in [7, 11) is 0. The quantitative estimate of drug-likeness (QED) is 0.251. The molecule has 0 radical (unpaired) electrons. The maximum absolute atomic E-state index is 13.7. The summed E-state index contributed by atoms with van der Waals surface area (Å²) in [5, 5.41) is 12.1. The molecule has 1 aromatic heterocycles. The van der Waals surface area contributed by atoms with Gasteiger partial charge in [0, 0.05) is 17.0 Å². The molecule has 6 nitrogen and oxygen atoms in total. The topological polar surface area (TPSA) is 80.0 Å². The number of carbonyl (C=O) groups excluding carboxylic acids is 2. The van der Waals surface area contributed by atoms with Gasteiger partial charge in [-0.05, 0) is 79.9 Å². The van der Waals surface area contributed by atoms with Crippen molar-refractivity contribution in [2.45, 2.75) is 32.4 Å². The molecular weight excluding hydrogens is 509 g/mol. The smallest absolute Gasteiger partial charge is 0.290 e. The molecule has 1 atom stereocenters. The predicted molar refractivity (Wildman–Crippen MR) is 142 cm³/mol. The highest BCUT2D eigenvalue weighted by Crippen LogP contribution is 2.40. The van der Waals surface area contributed by atoms with Crippen LogP contribution in [0.4, 0.5) is 4.39 Å². The second-order valence-corrected chi connectivity index (χ2v) is 9.83. The number of amides is 1. The molecule has 0 saturated carbocycles. The van der Waals surface area contributed by atoms with Crippen LogP contribution < -0.4 is 4.74 Å². The largest absolute Gasteiger partial charge is 0.503 e. The summed E-state index contributed by atoms with van der Waals surface area (Å²) >= 11 is 6.08. The lowest BCUT2D eigenvalue weighted by Gasteiger charge is -2.27. The van der Waals surface area contributed by atoms with Crippen molar-refractivity contribution < 1.29 is 28.2 Å². The van der Waals surface area contributed by atoms with Crippen LogP contribution >= 0.6 is 11.6 Å². The molecule has 2 heterocycles. The molecule has 194 valence electrons. The Morgan fingerprint density at radius 2 is 1.79 bits per heavy atom. The molecule has 0 fully saturated rings. The average molecular weight is 534 g/mol. The molecule has 4 aromatic rings.